The van der Waals surface area contributed by atoms with E-state index in [-0.39, 0.29) is 11.7 Å². The minimum Gasteiger partial charge on any atom is -0.325 e. The number of nitrogens with zero attached hydrogens (tertiary/aromatic N) is 3. The number of halogens is 1. The summed E-state index contributed by atoms with van der Waals surface area (Å²) < 4.78 is 15.3. The fourth-order valence-corrected chi connectivity index (χ4v) is 3.91. The monoisotopic (exact) mass is 432 g/mol. The predicted octanol–water partition coefficient (Wildman–Crippen LogP) is 5.42. The number of rotatable bonds is 6. The lowest BCUT2D eigenvalue weighted by molar-refractivity contribution is -0.113. The van der Waals surface area contributed by atoms with E-state index in [1.165, 1.54) is 23.9 Å². The van der Waals surface area contributed by atoms with Crippen LogP contribution in [0.5, 0.6) is 0 Å². The van der Waals surface area contributed by atoms with Crippen molar-refractivity contribution >= 4 is 23.4 Å². The molecule has 0 atom stereocenters. The van der Waals surface area contributed by atoms with E-state index in [4.69, 9.17) is 0 Å². The predicted molar refractivity (Wildman–Crippen MR) is 122 cm³/mol. The molecule has 0 saturated heterocycles. The Bertz CT molecular complexity index is 1220. The summed E-state index contributed by atoms with van der Waals surface area (Å²) in [5.41, 5.74) is 4.56. The molecule has 0 fully saturated rings. The van der Waals surface area contributed by atoms with Crippen LogP contribution in [0.1, 0.15) is 11.1 Å². The van der Waals surface area contributed by atoms with Crippen molar-refractivity contribution in [3.05, 3.63) is 89.7 Å². The third-order valence-corrected chi connectivity index (χ3v) is 5.57. The Morgan fingerprint density at radius 3 is 2.48 bits per heavy atom. The van der Waals surface area contributed by atoms with Crippen molar-refractivity contribution in [2.24, 2.45) is 0 Å². The number of thioether (sulfide) groups is 1. The Labute approximate surface area is 184 Å². The summed E-state index contributed by atoms with van der Waals surface area (Å²) in [5, 5.41) is 12.1. The van der Waals surface area contributed by atoms with Gasteiger partial charge in [-0.15, -0.1) is 10.2 Å². The fraction of sp³-hybridized carbons (Fsp3) is 0.125. The van der Waals surface area contributed by atoms with Gasteiger partial charge in [0.15, 0.2) is 11.0 Å². The normalized spacial score (nSPS) is 10.8. The zero-order valence-electron chi connectivity index (χ0n) is 17.2. The van der Waals surface area contributed by atoms with Crippen LogP contribution in [0.2, 0.25) is 0 Å². The van der Waals surface area contributed by atoms with Gasteiger partial charge in [0.1, 0.15) is 5.82 Å². The van der Waals surface area contributed by atoms with E-state index < -0.39 is 5.82 Å². The van der Waals surface area contributed by atoms with Crippen LogP contribution >= 0.6 is 11.8 Å². The molecule has 156 valence electrons. The van der Waals surface area contributed by atoms with E-state index in [9.17, 15) is 9.18 Å². The van der Waals surface area contributed by atoms with E-state index in [0.717, 1.165) is 22.4 Å². The van der Waals surface area contributed by atoms with Gasteiger partial charge < -0.3 is 5.32 Å². The first-order valence-electron chi connectivity index (χ1n) is 9.77. The molecule has 31 heavy (non-hydrogen) atoms. The van der Waals surface area contributed by atoms with Gasteiger partial charge in [-0.05, 0) is 50.2 Å². The number of hydrogen-bond acceptors (Lipinski definition) is 4. The van der Waals surface area contributed by atoms with Gasteiger partial charge >= 0.3 is 0 Å². The highest BCUT2D eigenvalue weighted by molar-refractivity contribution is 7.99. The lowest BCUT2D eigenvalue weighted by Crippen LogP contribution is -2.14. The van der Waals surface area contributed by atoms with Crippen molar-refractivity contribution in [3.8, 4) is 17.1 Å². The van der Waals surface area contributed by atoms with Crippen molar-refractivity contribution in [2.45, 2.75) is 19.0 Å². The molecule has 0 aliphatic carbocycles. The van der Waals surface area contributed by atoms with E-state index in [1.54, 1.807) is 12.1 Å². The number of benzene rings is 3. The molecular weight excluding hydrogens is 411 g/mol. The van der Waals surface area contributed by atoms with Crippen LogP contribution in [0, 0.1) is 19.7 Å². The number of carbonyl (C=O) groups is 1. The standard InChI is InChI=1S/C24H21FN4OS/c1-16-9-11-21(12-10-16)29-23(18-6-3-5-17(2)13-18)27-28-24(29)31-15-22(30)26-20-8-4-7-19(25)14-20/h3-14H,15H2,1-2H3,(H,26,30). The smallest absolute Gasteiger partial charge is 0.234 e. The second-order valence-corrected chi connectivity index (χ2v) is 8.14. The number of nitrogens with one attached hydrogen (secondary N) is 1. The third-order valence-electron chi connectivity index (χ3n) is 4.64. The average molecular weight is 433 g/mol. The summed E-state index contributed by atoms with van der Waals surface area (Å²) in [7, 11) is 0. The summed E-state index contributed by atoms with van der Waals surface area (Å²) in [6.45, 7) is 4.06. The molecule has 3 aromatic carbocycles. The third kappa shape index (κ3) is 5.00. The fourth-order valence-electron chi connectivity index (χ4n) is 3.15. The molecule has 0 bridgehead atoms. The van der Waals surface area contributed by atoms with Gasteiger partial charge in [-0.25, -0.2) is 4.39 Å². The largest absolute Gasteiger partial charge is 0.325 e. The number of amides is 1. The van der Waals surface area contributed by atoms with E-state index in [0.29, 0.717) is 16.7 Å². The number of hydrogen-bond donors (Lipinski definition) is 1. The van der Waals surface area contributed by atoms with Crippen LogP contribution in [-0.2, 0) is 4.79 Å². The quantitative estimate of drug-likeness (QED) is 0.413. The van der Waals surface area contributed by atoms with Crippen molar-refractivity contribution < 1.29 is 9.18 Å². The molecule has 4 rings (SSSR count). The minimum absolute atomic E-state index is 0.119. The van der Waals surface area contributed by atoms with Crippen LogP contribution < -0.4 is 5.32 Å². The summed E-state index contributed by atoms with van der Waals surface area (Å²) in [5.74, 6) is 0.188. The van der Waals surface area contributed by atoms with Gasteiger partial charge in [-0.2, -0.15) is 0 Å². The van der Waals surface area contributed by atoms with Crippen molar-refractivity contribution in [1.82, 2.24) is 14.8 Å². The first-order valence-corrected chi connectivity index (χ1v) is 10.8. The van der Waals surface area contributed by atoms with E-state index in [1.807, 2.05) is 60.9 Å². The zero-order valence-corrected chi connectivity index (χ0v) is 18.0. The number of aryl methyl sites for hydroxylation is 2. The Kier molecular flexibility index (Phi) is 6.13. The lowest BCUT2D eigenvalue weighted by Gasteiger charge is -2.11. The van der Waals surface area contributed by atoms with Crippen molar-refractivity contribution in [3.63, 3.8) is 0 Å². The molecule has 5 nitrogen and oxygen atoms in total. The van der Waals surface area contributed by atoms with Crippen molar-refractivity contribution in [1.29, 1.82) is 0 Å². The van der Waals surface area contributed by atoms with Crippen molar-refractivity contribution in [2.75, 3.05) is 11.1 Å². The molecule has 7 heteroatoms. The molecule has 1 heterocycles. The molecule has 0 saturated carbocycles. The van der Waals surface area contributed by atoms with Crippen LogP contribution in [0.3, 0.4) is 0 Å². The Morgan fingerprint density at radius 2 is 1.74 bits per heavy atom. The molecule has 1 N–H and O–H groups in total. The Balaban J connectivity index is 1.61. The molecule has 0 radical (unpaired) electrons. The number of anilines is 1. The summed E-state index contributed by atoms with van der Waals surface area (Å²) >= 11 is 1.28. The summed E-state index contributed by atoms with van der Waals surface area (Å²) in [6.07, 6.45) is 0. The highest BCUT2D eigenvalue weighted by Gasteiger charge is 2.17. The second kappa shape index (κ2) is 9.14. The maximum atomic E-state index is 13.4. The van der Waals surface area contributed by atoms with Gasteiger partial charge in [0.2, 0.25) is 5.91 Å². The molecule has 1 aromatic heterocycles. The molecule has 0 unspecified atom stereocenters. The minimum atomic E-state index is -0.396. The maximum Gasteiger partial charge on any atom is 0.234 e. The average Bonchev–Trinajstić information content (AvgIpc) is 3.17. The molecule has 4 aromatic rings. The van der Waals surface area contributed by atoms with Crippen LogP contribution in [0.4, 0.5) is 10.1 Å². The molecule has 0 aliphatic rings. The number of carbonyl (C=O) groups excluding carboxylic acids is 1. The molecular formula is C24H21FN4OS. The maximum absolute atomic E-state index is 13.4. The highest BCUT2D eigenvalue weighted by Crippen LogP contribution is 2.28. The first-order chi connectivity index (χ1) is 15.0. The van der Waals surface area contributed by atoms with E-state index >= 15 is 0 Å². The topological polar surface area (TPSA) is 59.8 Å². The molecule has 1 amide bonds. The number of aromatic nitrogens is 3. The first kappa shape index (κ1) is 20.8. The zero-order chi connectivity index (χ0) is 21.8. The van der Waals surface area contributed by atoms with E-state index in [2.05, 4.69) is 21.6 Å². The van der Waals surface area contributed by atoms with Gasteiger partial charge in [-0.3, -0.25) is 9.36 Å². The molecule has 0 aliphatic heterocycles. The van der Waals surface area contributed by atoms with Crippen LogP contribution in [-0.4, -0.2) is 26.4 Å². The lowest BCUT2D eigenvalue weighted by atomic mass is 10.1. The Morgan fingerprint density at radius 1 is 0.968 bits per heavy atom. The SMILES string of the molecule is Cc1ccc(-n2c(SCC(=O)Nc3cccc(F)c3)nnc2-c2cccc(C)c2)cc1. The van der Waals surface area contributed by atoms with Gasteiger partial charge in [0, 0.05) is 16.9 Å². The van der Waals surface area contributed by atoms with Gasteiger partial charge in [0.05, 0.1) is 5.75 Å². The summed E-state index contributed by atoms with van der Waals surface area (Å²) in [4.78, 5) is 12.4. The van der Waals surface area contributed by atoms with Crippen LogP contribution in [0.15, 0.2) is 78.0 Å². The van der Waals surface area contributed by atoms with Crippen LogP contribution in [0.25, 0.3) is 17.1 Å². The van der Waals surface area contributed by atoms with Gasteiger partial charge in [-0.1, -0.05) is 59.3 Å². The van der Waals surface area contributed by atoms with Gasteiger partial charge in [0.25, 0.3) is 0 Å². The Hall–Kier alpha value is -3.45. The highest BCUT2D eigenvalue weighted by atomic mass is 32.2. The molecule has 0 spiro atoms. The second-order valence-electron chi connectivity index (χ2n) is 7.19. The summed E-state index contributed by atoms with van der Waals surface area (Å²) in [6, 6.07) is 22.0.